The first-order chi connectivity index (χ1) is 11.0. The van der Waals surface area contributed by atoms with E-state index in [2.05, 4.69) is 15.4 Å². The third kappa shape index (κ3) is 4.10. The molecule has 6 nitrogen and oxygen atoms in total. The Labute approximate surface area is 137 Å². The Morgan fingerprint density at radius 2 is 1.96 bits per heavy atom. The van der Waals surface area contributed by atoms with Crippen molar-refractivity contribution in [2.75, 3.05) is 19.6 Å². The summed E-state index contributed by atoms with van der Waals surface area (Å²) in [4.78, 5) is 12.3. The first-order valence-electron chi connectivity index (χ1n) is 8.16. The Bertz CT molecular complexity index is 665. The molecular weight excluding hydrogens is 314 g/mol. The summed E-state index contributed by atoms with van der Waals surface area (Å²) in [7, 11) is -3.56. The van der Waals surface area contributed by atoms with E-state index >= 15 is 0 Å². The van der Waals surface area contributed by atoms with Crippen molar-refractivity contribution in [3.8, 4) is 0 Å². The second kappa shape index (κ2) is 6.98. The molecule has 0 unspecified atom stereocenters. The predicted molar refractivity (Wildman–Crippen MR) is 87.7 cm³/mol. The van der Waals surface area contributed by atoms with Crippen molar-refractivity contribution in [2.24, 2.45) is 5.92 Å². The Kier molecular flexibility index (Phi) is 4.99. The fourth-order valence-electron chi connectivity index (χ4n) is 2.97. The molecule has 0 bridgehead atoms. The van der Waals surface area contributed by atoms with Crippen LogP contribution in [0.25, 0.3) is 0 Å². The monoisotopic (exact) mass is 337 g/mol. The summed E-state index contributed by atoms with van der Waals surface area (Å²) in [5.74, 6) is 0.240. The molecule has 23 heavy (non-hydrogen) atoms. The van der Waals surface area contributed by atoms with Crippen molar-refractivity contribution in [3.63, 3.8) is 0 Å². The Morgan fingerprint density at radius 3 is 2.61 bits per heavy atom. The van der Waals surface area contributed by atoms with Gasteiger partial charge in [0.1, 0.15) is 0 Å². The van der Waals surface area contributed by atoms with Crippen LogP contribution in [0.1, 0.15) is 36.0 Å². The number of nitrogens with one attached hydrogen (secondary N) is 3. The number of benzene rings is 1. The molecule has 2 aliphatic rings. The zero-order valence-electron chi connectivity index (χ0n) is 13.0. The van der Waals surface area contributed by atoms with Crippen molar-refractivity contribution in [1.29, 1.82) is 0 Å². The van der Waals surface area contributed by atoms with Gasteiger partial charge in [-0.3, -0.25) is 4.79 Å². The molecule has 7 heteroatoms. The average Bonchev–Trinajstić information content (AvgIpc) is 2.98. The van der Waals surface area contributed by atoms with Crippen molar-refractivity contribution >= 4 is 15.9 Å². The van der Waals surface area contributed by atoms with Crippen LogP contribution in [0.5, 0.6) is 0 Å². The summed E-state index contributed by atoms with van der Waals surface area (Å²) < 4.78 is 27.6. The van der Waals surface area contributed by atoms with Gasteiger partial charge in [0.05, 0.1) is 4.90 Å². The molecule has 1 aromatic rings. The summed E-state index contributed by atoms with van der Waals surface area (Å²) >= 11 is 0. The van der Waals surface area contributed by atoms with Gasteiger partial charge in [-0.15, -0.1) is 0 Å². The van der Waals surface area contributed by atoms with E-state index in [9.17, 15) is 13.2 Å². The minimum Gasteiger partial charge on any atom is -0.352 e. The molecule has 0 spiro atoms. The van der Waals surface area contributed by atoms with Gasteiger partial charge < -0.3 is 10.6 Å². The Balaban J connectivity index is 1.66. The van der Waals surface area contributed by atoms with Crippen molar-refractivity contribution in [2.45, 2.75) is 36.6 Å². The minimum absolute atomic E-state index is 0.0172. The van der Waals surface area contributed by atoms with Crippen LogP contribution in [0.15, 0.2) is 29.2 Å². The molecule has 0 radical (unpaired) electrons. The highest BCUT2D eigenvalue weighted by atomic mass is 32.2. The SMILES string of the molecule is O=C(NCC1CNC1)c1cccc(S(=O)(=O)NC2CCCC2)c1. The number of rotatable bonds is 6. The van der Waals surface area contributed by atoms with Crippen LogP contribution >= 0.6 is 0 Å². The van der Waals surface area contributed by atoms with Gasteiger partial charge in [0.25, 0.3) is 5.91 Å². The van der Waals surface area contributed by atoms with Gasteiger partial charge in [0.15, 0.2) is 0 Å². The topological polar surface area (TPSA) is 87.3 Å². The van der Waals surface area contributed by atoms with E-state index in [0.717, 1.165) is 38.8 Å². The first kappa shape index (κ1) is 16.4. The van der Waals surface area contributed by atoms with Gasteiger partial charge in [0.2, 0.25) is 10.0 Å². The number of hydrogen-bond donors (Lipinski definition) is 3. The molecule has 1 aromatic carbocycles. The summed E-state index contributed by atoms with van der Waals surface area (Å²) in [5.41, 5.74) is 0.381. The molecule has 126 valence electrons. The number of amides is 1. The number of hydrogen-bond acceptors (Lipinski definition) is 4. The second-order valence-corrected chi connectivity index (χ2v) is 8.08. The maximum absolute atomic E-state index is 12.4. The quantitative estimate of drug-likeness (QED) is 0.718. The molecule has 3 N–H and O–H groups in total. The van der Waals surface area contributed by atoms with Gasteiger partial charge in [-0.1, -0.05) is 18.9 Å². The van der Waals surface area contributed by atoms with E-state index in [1.807, 2.05) is 0 Å². The standard InChI is InChI=1S/C16H23N3O3S/c20-16(18-11-12-9-17-10-12)13-4-3-7-15(8-13)23(21,22)19-14-5-1-2-6-14/h3-4,7-8,12,14,17,19H,1-2,5-6,9-11H2,(H,18,20). The third-order valence-corrected chi connectivity index (χ3v) is 6.02. The highest BCUT2D eigenvalue weighted by molar-refractivity contribution is 7.89. The molecule has 1 saturated carbocycles. The molecule has 2 fully saturated rings. The van der Waals surface area contributed by atoms with Crippen LogP contribution in [-0.4, -0.2) is 40.0 Å². The fraction of sp³-hybridized carbons (Fsp3) is 0.562. The molecule has 0 atom stereocenters. The van der Waals surface area contributed by atoms with E-state index in [0.29, 0.717) is 18.0 Å². The van der Waals surface area contributed by atoms with Crippen LogP contribution in [-0.2, 0) is 10.0 Å². The van der Waals surface area contributed by atoms with Gasteiger partial charge >= 0.3 is 0 Å². The summed E-state index contributed by atoms with van der Waals surface area (Å²) in [5, 5.41) is 6.01. The molecule has 1 amide bonds. The lowest BCUT2D eigenvalue weighted by molar-refractivity contribution is 0.0942. The largest absolute Gasteiger partial charge is 0.352 e. The molecule has 1 heterocycles. The van der Waals surface area contributed by atoms with Crippen molar-refractivity contribution in [3.05, 3.63) is 29.8 Å². The van der Waals surface area contributed by atoms with Crippen LogP contribution in [0.4, 0.5) is 0 Å². The van der Waals surface area contributed by atoms with Crippen molar-refractivity contribution in [1.82, 2.24) is 15.4 Å². The lowest BCUT2D eigenvalue weighted by Gasteiger charge is -2.27. The van der Waals surface area contributed by atoms with Crippen LogP contribution in [0.2, 0.25) is 0 Å². The number of sulfonamides is 1. The molecule has 1 aliphatic carbocycles. The van der Waals surface area contributed by atoms with Gasteiger partial charge in [-0.05, 0) is 31.0 Å². The third-order valence-electron chi connectivity index (χ3n) is 4.50. The lowest BCUT2D eigenvalue weighted by Crippen LogP contribution is -2.48. The Hall–Kier alpha value is -1.44. The van der Waals surface area contributed by atoms with E-state index in [-0.39, 0.29) is 16.8 Å². The molecule has 1 saturated heterocycles. The van der Waals surface area contributed by atoms with Gasteiger partial charge in [0, 0.05) is 37.2 Å². The first-order valence-corrected chi connectivity index (χ1v) is 9.64. The zero-order chi connectivity index (χ0) is 16.3. The number of carbonyl (C=O) groups excluding carboxylic acids is 1. The van der Waals surface area contributed by atoms with E-state index in [1.54, 1.807) is 12.1 Å². The second-order valence-electron chi connectivity index (χ2n) is 6.36. The van der Waals surface area contributed by atoms with Gasteiger partial charge in [-0.2, -0.15) is 0 Å². The highest BCUT2D eigenvalue weighted by Gasteiger charge is 2.24. The van der Waals surface area contributed by atoms with Gasteiger partial charge in [-0.25, -0.2) is 13.1 Å². The van der Waals surface area contributed by atoms with Crippen LogP contribution in [0, 0.1) is 5.92 Å². The van der Waals surface area contributed by atoms with Crippen molar-refractivity contribution < 1.29 is 13.2 Å². The summed E-state index contributed by atoms with van der Waals surface area (Å²) in [6.45, 7) is 2.45. The minimum atomic E-state index is -3.56. The maximum Gasteiger partial charge on any atom is 0.251 e. The smallest absolute Gasteiger partial charge is 0.251 e. The van der Waals surface area contributed by atoms with E-state index < -0.39 is 10.0 Å². The predicted octanol–water partition coefficient (Wildman–Crippen LogP) is 0.857. The van der Waals surface area contributed by atoms with E-state index in [4.69, 9.17) is 0 Å². The zero-order valence-corrected chi connectivity index (χ0v) is 13.9. The van der Waals surface area contributed by atoms with Crippen LogP contribution < -0.4 is 15.4 Å². The molecule has 3 rings (SSSR count). The summed E-state index contributed by atoms with van der Waals surface area (Å²) in [6, 6.07) is 6.25. The Morgan fingerprint density at radius 1 is 1.22 bits per heavy atom. The average molecular weight is 337 g/mol. The van der Waals surface area contributed by atoms with Crippen LogP contribution in [0.3, 0.4) is 0 Å². The number of carbonyl (C=O) groups is 1. The van der Waals surface area contributed by atoms with E-state index in [1.165, 1.54) is 12.1 Å². The lowest BCUT2D eigenvalue weighted by atomic mass is 10.0. The fourth-order valence-corrected chi connectivity index (χ4v) is 4.32. The summed E-state index contributed by atoms with van der Waals surface area (Å²) in [6.07, 6.45) is 3.89. The normalized spacial score (nSPS) is 19.5. The molecular formula is C16H23N3O3S. The highest BCUT2D eigenvalue weighted by Crippen LogP contribution is 2.20. The maximum atomic E-state index is 12.4. The molecule has 0 aromatic heterocycles. The molecule has 1 aliphatic heterocycles.